The molecule has 0 aromatic rings. The molecule has 0 heterocycles. The topological polar surface area (TPSA) is 51.2 Å². The molecule has 0 N–H and O–H groups in total. The minimum atomic E-state index is -2.00. The van der Waals surface area contributed by atoms with Crippen molar-refractivity contribution in [2.45, 2.75) is 0 Å². The van der Waals surface area contributed by atoms with Gasteiger partial charge < -0.3 is 0 Å². The maximum atomic E-state index is 8.50. The Morgan fingerprint density at radius 2 is 1.20 bits per heavy atom. The fourth-order valence-corrected chi connectivity index (χ4v) is 0. The predicted molar refractivity (Wildman–Crippen MR) is 2.06 cm³/mol. The van der Waals surface area contributed by atoms with Crippen molar-refractivity contribution in [2.75, 3.05) is 0 Å². The van der Waals surface area contributed by atoms with Crippen molar-refractivity contribution < 1.29 is 50.0 Å². The SMILES string of the molecule is [O]=[Ta].[O]=[Ti]=[O]. The molecule has 0 saturated heterocycles. The molecule has 0 saturated carbocycles. The van der Waals surface area contributed by atoms with Gasteiger partial charge in [0.2, 0.25) is 0 Å². The van der Waals surface area contributed by atoms with Crippen molar-refractivity contribution in [3.63, 3.8) is 0 Å². The second kappa shape index (κ2) is 21.0. The van der Waals surface area contributed by atoms with Crippen LogP contribution in [0.5, 0.6) is 0 Å². The number of rotatable bonds is 0. The molecule has 0 amide bonds. The van der Waals surface area contributed by atoms with Gasteiger partial charge in [0.1, 0.15) is 0 Å². The molecule has 0 aromatic heterocycles. The summed E-state index contributed by atoms with van der Waals surface area (Å²) in [5, 5.41) is 0. The molecule has 0 radical (unpaired) electrons. The molecule has 0 rings (SSSR count). The third kappa shape index (κ3) is 54.2. The first-order valence-electron chi connectivity index (χ1n) is 0.591. The molecule has 5 heteroatoms. The molecule has 0 aliphatic carbocycles. The summed E-state index contributed by atoms with van der Waals surface area (Å²) in [4.78, 5) is 0. The molecule has 0 aliphatic heterocycles. The monoisotopic (exact) mass is 277 g/mol. The predicted octanol–water partition coefficient (Wildman–Crippen LogP) is -0.361. The van der Waals surface area contributed by atoms with E-state index >= 15 is 0 Å². The van der Waals surface area contributed by atoms with Gasteiger partial charge in [0, 0.05) is 0 Å². The van der Waals surface area contributed by atoms with Gasteiger partial charge in [-0.25, -0.2) is 0 Å². The third-order valence-electron chi connectivity index (χ3n) is 0. The Labute approximate surface area is 50.0 Å². The van der Waals surface area contributed by atoms with Gasteiger partial charge in [-0.3, -0.25) is 0 Å². The Balaban J connectivity index is 0. The van der Waals surface area contributed by atoms with Crippen molar-refractivity contribution in [3.8, 4) is 0 Å². The van der Waals surface area contributed by atoms with Crippen LogP contribution < -0.4 is 0 Å². The van der Waals surface area contributed by atoms with Crippen molar-refractivity contribution in [1.82, 2.24) is 0 Å². The van der Waals surface area contributed by atoms with Crippen molar-refractivity contribution in [3.05, 3.63) is 0 Å². The Bertz CT molecular complexity index is 36.2. The molecule has 0 atom stereocenters. The first-order valence-corrected chi connectivity index (χ1v) is 3.18. The average molecular weight is 277 g/mol. The third-order valence-corrected chi connectivity index (χ3v) is 0. The van der Waals surface area contributed by atoms with Crippen LogP contribution in [0, 0.1) is 0 Å². The van der Waals surface area contributed by atoms with Crippen LogP contribution in [0.4, 0.5) is 0 Å². The zero-order chi connectivity index (χ0) is 4.71. The summed E-state index contributed by atoms with van der Waals surface area (Å²) >= 11 is -1.81. The summed E-state index contributed by atoms with van der Waals surface area (Å²) in [5.41, 5.74) is 0. The standard InChI is InChI=1S/3O.Ta.Ti. The number of hydrogen-bond acceptors (Lipinski definition) is 3. The summed E-state index contributed by atoms with van der Waals surface area (Å²) in [6.07, 6.45) is 0. The van der Waals surface area contributed by atoms with E-state index < -0.39 is 19.1 Å². The van der Waals surface area contributed by atoms with E-state index in [9.17, 15) is 0 Å². The van der Waals surface area contributed by atoms with Gasteiger partial charge in [0.15, 0.2) is 0 Å². The Kier molecular flexibility index (Phi) is 38.9. The van der Waals surface area contributed by atoms with Crippen molar-refractivity contribution >= 4 is 0 Å². The summed E-state index contributed by atoms with van der Waals surface area (Å²) in [7, 11) is 0. The van der Waals surface area contributed by atoms with E-state index in [1.54, 1.807) is 0 Å². The summed E-state index contributed by atoms with van der Waals surface area (Å²) in [5.74, 6) is 0. The zero-order valence-electron chi connectivity index (χ0n) is 2.17. The molecule has 0 aliphatic rings. The van der Waals surface area contributed by atoms with Gasteiger partial charge in [0.25, 0.3) is 0 Å². The Hall–Kier alpha value is 0.855. The second-order valence-electron chi connectivity index (χ2n) is 0.0833. The van der Waals surface area contributed by atoms with Gasteiger partial charge in [-0.2, -0.15) is 0 Å². The summed E-state index contributed by atoms with van der Waals surface area (Å²) in [6, 6.07) is 0. The Morgan fingerprint density at radius 3 is 1.20 bits per heavy atom. The summed E-state index contributed by atoms with van der Waals surface area (Å²) < 4.78 is 25.4. The normalized spacial score (nSPS) is 2.20. The first-order chi connectivity index (χ1) is 2.41. The van der Waals surface area contributed by atoms with Crippen LogP contribution in [0.2, 0.25) is 0 Å². The van der Waals surface area contributed by atoms with E-state index in [1.807, 2.05) is 0 Å². The van der Waals surface area contributed by atoms with E-state index in [0.29, 0.717) is 0 Å². The Morgan fingerprint density at radius 1 is 1.20 bits per heavy atom. The molecule has 5 heavy (non-hydrogen) atoms. The molecule has 27 valence electrons. The van der Waals surface area contributed by atoms with Gasteiger partial charge >= 0.3 is 50.0 Å². The minimum absolute atomic E-state index is 0.194. The van der Waals surface area contributed by atoms with Crippen LogP contribution in [0.25, 0.3) is 0 Å². The quantitative estimate of drug-likeness (QED) is 0.568. The van der Waals surface area contributed by atoms with Crippen LogP contribution in [0.15, 0.2) is 0 Å². The fourth-order valence-electron chi connectivity index (χ4n) is 0. The average Bonchev–Trinajstić information content (AvgIpc) is 1.46. The zero-order valence-corrected chi connectivity index (χ0v) is 6.95. The molecular weight excluding hydrogens is 277 g/mol. The van der Waals surface area contributed by atoms with Crippen LogP contribution in [0.1, 0.15) is 0 Å². The molecule has 0 spiro atoms. The van der Waals surface area contributed by atoms with E-state index in [1.165, 1.54) is 0 Å². The number of hydrogen-bond donors (Lipinski definition) is 0. The van der Waals surface area contributed by atoms with Crippen LogP contribution in [-0.4, -0.2) is 0 Å². The van der Waals surface area contributed by atoms with E-state index in [-0.39, 0.29) is 21.0 Å². The summed E-state index contributed by atoms with van der Waals surface area (Å²) in [6.45, 7) is 0. The molecule has 3 nitrogen and oxygen atoms in total. The van der Waals surface area contributed by atoms with Crippen LogP contribution >= 0.6 is 0 Å². The van der Waals surface area contributed by atoms with Crippen LogP contribution in [-0.2, 0) is 50.0 Å². The van der Waals surface area contributed by atoms with Crippen molar-refractivity contribution in [2.24, 2.45) is 0 Å². The first kappa shape index (κ1) is 9.29. The van der Waals surface area contributed by atoms with Gasteiger partial charge in [-0.05, 0) is 0 Å². The van der Waals surface area contributed by atoms with E-state index in [2.05, 4.69) is 0 Å². The van der Waals surface area contributed by atoms with Crippen LogP contribution in [0.3, 0.4) is 0 Å². The van der Waals surface area contributed by atoms with Crippen molar-refractivity contribution in [1.29, 1.82) is 0 Å². The molecule has 0 bridgehead atoms. The maximum absolute atomic E-state index is 8.50. The van der Waals surface area contributed by atoms with E-state index in [0.717, 1.165) is 0 Å². The second-order valence-corrected chi connectivity index (χ2v) is 0.344. The molecule has 0 aromatic carbocycles. The molecular formula is O3TaTi. The molecule has 0 unspecified atom stereocenters. The fraction of sp³-hybridized carbons (Fsp3) is 0. The van der Waals surface area contributed by atoms with Gasteiger partial charge in [0.05, 0.1) is 0 Å². The van der Waals surface area contributed by atoms with E-state index in [4.69, 9.17) is 9.90 Å². The van der Waals surface area contributed by atoms with Gasteiger partial charge in [-0.15, -0.1) is 0 Å². The van der Waals surface area contributed by atoms with Gasteiger partial charge in [-0.1, -0.05) is 0 Å². The molecule has 0 fully saturated rings.